The molecule has 2 amide bonds. The van der Waals surface area contributed by atoms with Crippen LogP contribution >= 0.6 is 0 Å². The molecule has 2 bridgehead atoms. The summed E-state index contributed by atoms with van der Waals surface area (Å²) in [5, 5.41) is 0. The van der Waals surface area contributed by atoms with E-state index in [0.29, 0.717) is 5.92 Å². The van der Waals surface area contributed by atoms with Gasteiger partial charge in [-0.3, -0.25) is 14.5 Å². The predicted octanol–water partition coefficient (Wildman–Crippen LogP) is 1.67. The van der Waals surface area contributed by atoms with E-state index in [9.17, 15) is 9.59 Å². The van der Waals surface area contributed by atoms with Crippen molar-refractivity contribution in [3.8, 4) is 0 Å². The highest BCUT2D eigenvalue weighted by molar-refractivity contribution is 6.02. The summed E-state index contributed by atoms with van der Waals surface area (Å²) in [5.74, 6) is 0.795. The van der Waals surface area contributed by atoms with Gasteiger partial charge in [0.25, 0.3) is 0 Å². The highest BCUT2D eigenvalue weighted by atomic mass is 16.2. The molecule has 1 unspecified atom stereocenters. The molecule has 1 aliphatic carbocycles. The van der Waals surface area contributed by atoms with Gasteiger partial charge in [0.05, 0.1) is 5.41 Å². The molecule has 0 aromatic carbocycles. The normalized spacial score (nSPS) is 40.5. The van der Waals surface area contributed by atoms with E-state index in [-0.39, 0.29) is 29.1 Å². The molecule has 1 heterocycles. The number of rotatable bonds is 1. The number of carbonyl (C=O) groups is 2. The summed E-state index contributed by atoms with van der Waals surface area (Å²) in [6, 6.07) is 0. The number of fused-ring (bicyclic) bond motifs is 2. The minimum absolute atomic E-state index is 0.0277. The van der Waals surface area contributed by atoms with Crippen LogP contribution in [0.5, 0.6) is 0 Å². The molecule has 15 heavy (non-hydrogen) atoms. The van der Waals surface area contributed by atoms with E-state index < -0.39 is 0 Å². The maximum Gasteiger partial charge on any atom is 0.235 e. The van der Waals surface area contributed by atoms with E-state index >= 15 is 0 Å². The van der Waals surface area contributed by atoms with Crippen LogP contribution in [0.25, 0.3) is 0 Å². The highest BCUT2D eigenvalue weighted by Gasteiger charge is 2.59. The molecule has 84 valence electrons. The zero-order chi connectivity index (χ0) is 11.4. The molecular formula is C12H19NO2. The van der Waals surface area contributed by atoms with Crippen LogP contribution < -0.4 is 0 Å². The van der Waals surface area contributed by atoms with E-state index in [1.54, 1.807) is 7.05 Å². The van der Waals surface area contributed by atoms with Crippen molar-refractivity contribution in [3.63, 3.8) is 0 Å². The minimum atomic E-state index is -0.290. The Morgan fingerprint density at radius 1 is 1.40 bits per heavy atom. The number of piperidine rings is 1. The van der Waals surface area contributed by atoms with E-state index in [2.05, 4.69) is 13.8 Å². The van der Waals surface area contributed by atoms with Gasteiger partial charge in [0, 0.05) is 13.0 Å². The Bertz CT molecular complexity index is 324. The van der Waals surface area contributed by atoms with Crippen molar-refractivity contribution < 1.29 is 9.59 Å². The summed E-state index contributed by atoms with van der Waals surface area (Å²) in [6.07, 6.45) is 1.75. The number of amides is 2. The van der Waals surface area contributed by atoms with Gasteiger partial charge in [-0.25, -0.2) is 0 Å². The number of imide groups is 1. The third-order valence-electron chi connectivity index (χ3n) is 4.30. The number of hydrogen-bond donors (Lipinski definition) is 0. The number of hydrogen-bond acceptors (Lipinski definition) is 2. The third kappa shape index (κ3) is 1.18. The van der Waals surface area contributed by atoms with Gasteiger partial charge < -0.3 is 0 Å². The van der Waals surface area contributed by atoms with Crippen LogP contribution in [-0.4, -0.2) is 23.8 Å². The van der Waals surface area contributed by atoms with Crippen molar-refractivity contribution in [1.82, 2.24) is 4.90 Å². The molecule has 0 aromatic heterocycles. The number of nitrogens with zero attached hydrogens (tertiary/aromatic N) is 1. The van der Waals surface area contributed by atoms with Gasteiger partial charge in [-0.1, -0.05) is 20.8 Å². The Morgan fingerprint density at radius 2 is 2.00 bits per heavy atom. The molecule has 1 saturated carbocycles. The standard InChI is InChI=1S/C12H19NO2/c1-7(2)9-8-5-6-12(9,3)11(15)13(4)10(8)14/h7-9H,5-6H2,1-4H3/t8-,9?,12+/m1/s1. The molecule has 1 aliphatic heterocycles. The van der Waals surface area contributed by atoms with Crippen LogP contribution in [0.3, 0.4) is 0 Å². The predicted molar refractivity (Wildman–Crippen MR) is 56.9 cm³/mol. The molecule has 3 nitrogen and oxygen atoms in total. The summed E-state index contributed by atoms with van der Waals surface area (Å²) in [5.41, 5.74) is -0.290. The second-order valence-corrected chi connectivity index (χ2v) is 5.53. The van der Waals surface area contributed by atoms with Crippen LogP contribution in [-0.2, 0) is 9.59 Å². The van der Waals surface area contributed by atoms with Crippen LogP contribution in [0.1, 0.15) is 33.6 Å². The fourth-order valence-corrected chi connectivity index (χ4v) is 3.70. The maximum atomic E-state index is 12.1. The van der Waals surface area contributed by atoms with Crippen LogP contribution in [0.15, 0.2) is 0 Å². The Hall–Kier alpha value is -0.860. The van der Waals surface area contributed by atoms with E-state index in [1.807, 2.05) is 6.92 Å². The summed E-state index contributed by atoms with van der Waals surface area (Å²) in [4.78, 5) is 25.4. The molecule has 0 aromatic rings. The maximum absolute atomic E-state index is 12.1. The quantitative estimate of drug-likeness (QED) is 0.616. The minimum Gasteiger partial charge on any atom is -0.285 e. The van der Waals surface area contributed by atoms with E-state index in [4.69, 9.17) is 0 Å². The Morgan fingerprint density at radius 3 is 2.53 bits per heavy atom. The van der Waals surface area contributed by atoms with Gasteiger partial charge in [0.1, 0.15) is 0 Å². The summed E-state index contributed by atoms with van der Waals surface area (Å²) in [7, 11) is 1.62. The fourth-order valence-electron chi connectivity index (χ4n) is 3.70. The molecule has 2 fully saturated rings. The number of likely N-dealkylation sites (tertiary alicyclic amines) is 1. The lowest BCUT2D eigenvalue weighted by Gasteiger charge is -2.42. The fraction of sp³-hybridized carbons (Fsp3) is 0.833. The smallest absolute Gasteiger partial charge is 0.235 e. The Balaban J connectivity index is 2.45. The zero-order valence-electron chi connectivity index (χ0n) is 9.91. The van der Waals surface area contributed by atoms with Gasteiger partial charge >= 0.3 is 0 Å². The van der Waals surface area contributed by atoms with Gasteiger partial charge in [0.2, 0.25) is 11.8 Å². The van der Waals surface area contributed by atoms with Gasteiger partial charge in [-0.15, -0.1) is 0 Å². The molecular weight excluding hydrogens is 190 g/mol. The van der Waals surface area contributed by atoms with Crippen LogP contribution in [0, 0.1) is 23.2 Å². The van der Waals surface area contributed by atoms with Crippen LogP contribution in [0.2, 0.25) is 0 Å². The van der Waals surface area contributed by atoms with Crippen molar-refractivity contribution in [2.24, 2.45) is 23.2 Å². The molecule has 1 saturated heterocycles. The summed E-state index contributed by atoms with van der Waals surface area (Å²) < 4.78 is 0. The van der Waals surface area contributed by atoms with Gasteiger partial charge in [0.15, 0.2) is 0 Å². The monoisotopic (exact) mass is 209 g/mol. The van der Waals surface area contributed by atoms with E-state index in [1.165, 1.54) is 4.90 Å². The topological polar surface area (TPSA) is 37.4 Å². The molecule has 3 heteroatoms. The second-order valence-electron chi connectivity index (χ2n) is 5.53. The summed E-state index contributed by atoms with van der Waals surface area (Å²) >= 11 is 0. The van der Waals surface area contributed by atoms with Crippen molar-refractivity contribution in [2.75, 3.05) is 7.05 Å². The number of carbonyl (C=O) groups excluding carboxylic acids is 2. The SMILES string of the molecule is CC(C)C1[C@H]2CC[C@]1(C)C(=O)N(C)C2=O. The summed E-state index contributed by atoms with van der Waals surface area (Å²) in [6.45, 7) is 6.27. The van der Waals surface area contributed by atoms with Crippen molar-refractivity contribution in [1.29, 1.82) is 0 Å². The molecule has 0 radical (unpaired) electrons. The third-order valence-corrected chi connectivity index (χ3v) is 4.30. The lowest BCUT2D eigenvalue weighted by atomic mass is 9.67. The van der Waals surface area contributed by atoms with Crippen LogP contribution in [0.4, 0.5) is 0 Å². The van der Waals surface area contributed by atoms with Gasteiger partial charge in [-0.05, 0) is 24.7 Å². The lowest BCUT2D eigenvalue weighted by Crippen LogP contribution is -2.54. The first-order chi connectivity index (χ1) is 6.89. The molecule has 2 rings (SSSR count). The zero-order valence-corrected chi connectivity index (χ0v) is 9.91. The average Bonchev–Trinajstić information content (AvgIpc) is 2.49. The van der Waals surface area contributed by atoms with Gasteiger partial charge in [-0.2, -0.15) is 0 Å². The molecule has 3 atom stereocenters. The van der Waals surface area contributed by atoms with Crippen molar-refractivity contribution >= 4 is 11.8 Å². The average molecular weight is 209 g/mol. The molecule has 2 aliphatic rings. The highest BCUT2D eigenvalue weighted by Crippen LogP contribution is 2.54. The first-order valence-corrected chi connectivity index (χ1v) is 5.71. The largest absolute Gasteiger partial charge is 0.285 e. The van der Waals surface area contributed by atoms with Crippen molar-refractivity contribution in [3.05, 3.63) is 0 Å². The second kappa shape index (κ2) is 3.06. The molecule has 0 N–H and O–H groups in total. The van der Waals surface area contributed by atoms with Crippen molar-refractivity contribution in [2.45, 2.75) is 33.6 Å². The first kappa shape index (κ1) is 10.7. The first-order valence-electron chi connectivity index (χ1n) is 5.71. The Kier molecular flexibility index (Phi) is 2.18. The Labute approximate surface area is 90.8 Å². The van der Waals surface area contributed by atoms with E-state index in [0.717, 1.165) is 12.8 Å². The molecule has 0 spiro atoms. The lowest BCUT2D eigenvalue weighted by molar-refractivity contribution is -0.161.